The Hall–Kier alpha value is -1.65. The van der Waals surface area contributed by atoms with Gasteiger partial charge in [-0.3, -0.25) is 4.79 Å². The number of rotatable bonds is 4. The minimum atomic E-state index is 0.118. The average molecular weight is 315 g/mol. The van der Waals surface area contributed by atoms with Crippen LogP contribution in [0.25, 0.3) is 0 Å². The standard InChI is InChI=1S/C18H22N2OS/c1-13-6-3-7-15(14(13)2)19-18(21)12-20-10-4-8-16(20)17-9-5-11-22-17/h3,5-7,9,11,16H,4,8,10,12H2,1-2H3,(H,19,21)/p+1/t16-/m1/s1. The number of aryl methyl sites for hydroxylation is 1. The molecule has 1 aromatic carbocycles. The summed E-state index contributed by atoms with van der Waals surface area (Å²) in [6.07, 6.45) is 2.39. The summed E-state index contributed by atoms with van der Waals surface area (Å²) in [6, 6.07) is 10.8. The Bertz CT molecular complexity index is 651. The maximum absolute atomic E-state index is 12.4. The van der Waals surface area contributed by atoms with Crippen molar-refractivity contribution in [2.75, 3.05) is 18.4 Å². The van der Waals surface area contributed by atoms with Crippen LogP contribution in [0, 0.1) is 13.8 Å². The minimum absolute atomic E-state index is 0.118. The molecule has 0 aliphatic carbocycles. The summed E-state index contributed by atoms with van der Waals surface area (Å²) < 4.78 is 0. The Morgan fingerprint density at radius 2 is 2.18 bits per heavy atom. The lowest BCUT2D eigenvalue weighted by Gasteiger charge is -2.20. The molecule has 1 unspecified atom stereocenters. The molecular weight excluding hydrogens is 292 g/mol. The number of amides is 1. The summed E-state index contributed by atoms with van der Waals surface area (Å²) in [5.74, 6) is 0.118. The molecule has 2 heterocycles. The van der Waals surface area contributed by atoms with Crippen LogP contribution in [0.2, 0.25) is 0 Å². The van der Waals surface area contributed by atoms with E-state index in [0.717, 1.165) is 17.8 Å². The molecule has 3 nitrogen and oxygen atoms in total. The third-order valence-electron chi connectivity index (χ3n) is 4.64. The van der Waals surface area contributed by atoms with Crippen molar-refractivity contribution in [2.24, 2.45) is 0 Å². The molecule has 0 spiro atoms. The summed E-state index contributed by atoms with van der Waals surface area (Å²) in [7, 11) is 0. The van der Waals surface area contributed by atoms with Crippen LogP contribution in [0.5, 0.6) is 0 Å². The molecule has 0 saturated carbocycles. The second-order valence-corrected chi connectivity index (χ2v) is 7.07. The lowest BCUT2D eigenvalue weighted by molar-refractivity contribution is -0.910. The fraction of sp³-hybridized carbons (Fsp3) is 0.389. The number of anilines is 1. The van der Waals surface area contributed by atoms with Crippen LogP contribution in [-0.2, 0) is 4.79 Å². The van der Waals surface area contributed by atoms with Crippen molar-refractivity contribution < 1.29 is 9.69 Å². The fourth-order valence-corrected chi connectivity index (χ4v) is 4.16. The SMILES string of the molecule is Cc1cccc(NC(=O)C[NH+]2CCC[C@@H]2c2cccs2)c1C. The number of hydrogen-bond acceptors (Lipinski definition) is 2. The van der Waals surface area contributed by atoms with E-state index in [9.17, 15) is 4.79 Å². The van der Waals surface area contributed by atoms with Gasteiger partial charge in [-0.05, 0) is 42.5 Å². The monoisotopic (exact) mass is 315 g/mol. The van der Waals surface area contributed by atoms with Gasteiger partial charge in [-0.2, -0.15) is 0 Å². The van der Waals surface area contributed by atoms with Crippen LogP contribution < -0.4 is 10.2 Å². The van der Waals surface area contributed by atoms with Crippen LogP contribution in [0.4, 0.5) is 5.69 Å². The topological polar surface area (TPSA) is 33.5 Å². The van der Waals surface area contributed by atoms with E-state index in [2.05, 4.69) is 42.7 Å². The summed E-state index contributed by atoms with van der Waals surface area (Å²) in [5.41, 5.74) is 3.31. The zero-order valence-electron chi connectivity index (χ0n) is 13.2. The number of carbonyl (C=O) groups is 1. The van der Waals surface area contributed by atoms with Crippen molar-refractivity contribution in [1.29, 1.82) is 0 Å². The lowest BCUT2D eigenvalue weighted by atomic mass is 10.1. The second-order valence-electron chi connectivity index (χ2n) is 6.09. The molecular formula is C18H23N2OS+. The van der Waals surface area contributed by atoms with Crippen LogP contribution in [0.15, 0.2) is 35.7 Å². The molecule has 1 saturated heterocycles. The summed E-state index contributed by atoms with van der Waals surface area (Å²) in [5, 5.41) is 5.21. The van der Waals surface area contributed by atoms with Crippen molar-refractivity contribution in [3.05, 3.63) is 51.7 Å². The van der Waals surface area contributed by atoms with Crippen LogP contribution >= 0.6 is 11.3 Å². The maximum Gasteiger partial charge on any atom is 0.279 e. The highest BCUT2D eigenvalue weighted by Gasteiger charge is 2.32. The van der Waals surface area contributed by atoms with Gasteiger partial charge >= 0.3 is 0 Å². The fourth-order valence-electron chi connectivity index (χ4n) is 3.24. The van der Waals surface area contributed by atoms with Crippen molar-refractivity contribution in [3.8, 4) is 0 Å². The number of quaternary nitrogens is 1. The van der Waals surface area contributed by atoms with Crippen molar-refractivity contribution >= 4 is 22.9 Å². The highest BCUT2D eigenvalue weighted by Crippen LogP contribution is 2.23. The van der Waals surface area contributed by atoms with Crippen molar-refractivity contribution in [3.63, 3.8) is 0 Å². The number of nitrogens with one attached hydrogen (secondary N) is 2. The quantitative estimate of drug-likeness (QED) is 0.894. The van der Waals surface area contributed by atoms with Crippen molar-refractivity contribution in [1.82, 2.24) is 0 Å². The van der Waals surface area contributed by atoms with E-state index < -0.39 is 0 Å². The lowest BCUT2D eigenvalue weighted by Crippen LogP contribution is -3.11. The molecule has 2 N–H and O–H groups in total. The molecule has 22 heavy (non-hydrogen) atoms. The van der Waals surface area contributed by atoms with Gasteiger partial charge in [-0.15, -0.1) is 11.3 Å². The number of thiophene rings is 1. The highest BCUT2D eigenvalue weighted by molar-refractivity contribution is 7.10. The van der Waals surface area contributed by atoms with Crippen molar-refractivity contribution in [2.45, 2.75) is 32.7 Å². The molecule has 4 heteroatoms. The van der Waals surface area contributed by atoms with E-state index in [0.29, 0.717) is 12.6 Å². The Morgan fingerprint density at radius 1 is 1.32 bits per heavy atom. The molecule has 3 rings (SSSR count). The Kier molecular flexibility index (Phi) is 4.60. The van der Waals surface area contributed by atoms with Crippen LogP contribution in [0.3, 0.4) is 0 Å². The van der Waals surface area contributed by atoms with Gasteiger partial charge in [-0.25, -0.2) is 0 Å². The number of hydrogen-bond donors (Lipinski definition) is 2. The zero-order valence-corrected chi connectivity index (χ0v) is 14.0. The van der Waals surface area contributed by atoms with E-state index in [4.69, 9.17) is 0 Å². The van der Waals surface area contributed by atoms with Gasteiger partial charge in [0.2, 0.25) is 0 Å². The molecule has 0 radical (unpaired) electrons. The number of benzene rings is 1. The molecule has 2 aromatic rings. The average Bonchev–Trinajstić information content (AvgIpc) is 3.14. The molecule has 1 fully saturated rings. The first-order chi connectivity index (χ1) is 10.6. The van der Waals surface area contributed by atoms with Gasteiger partial charge < -0.3 is 10.2 Å². The van der Waals surface area contributed by atoms with E-state index in [-0.39, 0.29) is 5.91 Å². The van der Waals surface area contributed by atoms with E-state index in [1.165, 1.54) is 28.2 Å². The van der Waals surface area contributed by atoms with E-state index in [1.807, 2.05) is 12.1 Å². The third-order valence-corrected chi connectivity index (χ3v) is 5.62. The largest absolute Gasteiger partial charge is 0.321 e. The summed E-state index contributed by atoms with van der Waals surface area (Å²) in [6.45, 7) is 5.77. The number of carbonyl (C=O) groups excluding carboxylic acids is 1. The Balaban J connectivity index is 1.65. The molecule has 0 bridgehead atoms. The van der Waals surface area contributed by atoms with Gasteiger partial charge in [0.1, 0.15) is 6.04 Å². The zero-order chi connectivity index (χ0) is 15.5. The molecule has 1 amide bonds. The minimum Gasteiger partial charge on any atom is -0.321 e. The molecule has 1 aliphatic rings. The van der Waals surface area contributed by atoms with E-state index >= 15 is 0 Å². The molecule has 116 valence electrons. The predicted molar refractivity (Wildman–Crippen MR) is 91.5 cm³/mol. The number of likely N-dealkylation sites (tertiary alicyclic amines) is 1. The van der Waals surface area contributed by atoms with Gasteiger partial charge in [0.05, 0.1) is 11.4 Å². The smallest absolute Gasteiger partial charge is 0.279 e. The first kappa shape index (κ1) is 15.3. The first-order valence-electron chi connectivity index (χ1n) is 7.89. The van der Waals surface area contributed by atoms with Crippen LogP contribution in [0.1, 0.15) is 34.9 Å². The van der Waals surface area contributed by atoms with Gasteiger partial charge in [0.25, 0.3) is 5.91 Å². The summed E-state index contributed by atoms with van der Waals surface area (Å²) >= 11 is 1.81. The second kappa shape index (κ2) is 6.63. The van der Waals surface area contributed by atoms with Gasteiger partial charge in [0.15, 0.2) is 6.54 Å². The highest BCUT2D eigenvalue weighted by atomic mass is 32.1. The van der Waals surface area contributed by atoms with E-state index in [1.54, 1.807) is 11.3 Å². The Morgan fingerprint density at radius 3 is 2.95 bits per heavy atom. The first-order valence-corrected chi connectivity index (χ1v) is 8.77. The Labute approximate surface area is 136 Å². The van der Waals surface area contributed by atoms with Crippen LogP contribution in [-0.4, -0.2) is 19.0 Å². The third kappa shape index (κ3) is 3.23. The predicted octanol–water partition coefficient (Wildman–Crippen LogP) is 2.72. The summed E-state index contributed by atoms with van der Waals surface area (Å²) in [4.78, 5) is 15.2. The van der Waals surface area contributed by atoms with Gasteiger partial charge in [-0.1, -0.05) is 18.2 Å². The maximum atomic E-state index is 12.4. The molecule has 2 atom stereocenters. The van der Waals surface area contributed by atoms with Gasteiger partial charge in [0, 0.05) is 18.5 Å². The molecule has 1 aliphatic heterocycles. The normalized spacial score (nSPS) is 21.0. The molecule has 1 aromatic heterocycles.